The largest absolute Gasteiger partial charge is 0.315 e. The third-order valence-electron chi connectivity index (χ3n) is 2.84. The Labute approximate surface area is 110 Å². The Morgan fingerprint density at radius 2 is 2.44 bits per heavy atom. The molecule has 2 rings (SSSR count). The smallest absolute Gasteiger partial charge is 0.239 e. The molecule has 2 heterocycles. The van der Waals surface area contributed by atoms with Crippen LogP contribution < -0.4 is 10.6 Å². The number of anilines is 1. The zero-order valence-corrected chi connectivity index (χ0v) is 10.9. The minimum Gasteiger partial charge on any atom is -0.315 e. The van der Waals surface area contributed by atoms with Crippen LogP contribution in [0.1, 0.15) is 12.0 Å². The van der Waals surface area contributed by atoms with Gasteiger partial charge in [0.05, 0.1) is 12.1 Å². The van der Waals surface area contributed by atoms with Gasteiger partial charge in [-0.25, -0.2) is 0 Å². The number of nitrogens with one attached hydrogen (secondary N) is 2. The topological polar surface area (TPSA) is 68.2 Å². The van der Waals surface area contributed by atoms with Gasteiger partial charge in [-0.15, -0.1) is 11.3 Å². The quantitative estimate of drug-likeness (QED) is 0.849. The number of nitrogens with zero attached hydrogens (tertiary/aromatic N) is 2. The molecular formula is C12H16N4OS. The molecule has 1 aliphatic heterocycles. The normalized spacial score (nSPS) is 16.8. The summed E-state index contributed by atoms with van der Waals surface area (Å²) in [7, 11) is 0. The van der Waals surface area contributed by atoms with Crippen molar-refractivity contribution < 1.29 is 4.79 Å². The van der Waals surface area contributed by atoms with Crippen LogP contribution in [0.25, 0.3) is 0 Å². The molecule has 1 amide bonds. The molecule has 0 atom stereocenters. The van der Waals surface area contributed by atoms with E-state index in [1.165, 1.54) is 11.3 Å². The fourth-order valence-corrected chi connectivity index (χ4v) is 2.68. The summed E-state index contributed by atoms with van der Waals surface area (Å²) < 4.78 is 0. The van der Waals surface area contributed by atoms with Crippen LogP contribution in [0.2, 0.25) is 0 Å². The van der Waals surface area contributed by atoms with E-state index < -0.39 is 0 Å². The van der Waals surface area contributed by atoms with Crippen LogP contribution in [0.3, 0.4) is 0 Å². The first-order valence-corrected chi connectivity index (χ1v) is 6.88. The van der Waals surface area contributed by atoms with Gasteiger partial charge in [0, 0.05) is 13.1 Å². The molecule has 0 radical (unpaired) electrons. The van der Waals surface area contributed by atoms with Crippen molar-refractivity contribution in [1.82, 2.24) is 10.2 Å². The van der Waals surface area contributed by atoms with Gasteiger partial charge >= 0.3 is 0 Å². The molecule has 1 aromatic rings. The summed E-state index contributed by atoms with van der Waals surface area (Å²) in [4.78, 5) is 14.0. The molecule has 2 N–H and O–H groups in total. The highest BCUT2D eigenvalue weighted by atomic mass is 32.1. The van der Waals surface area contributed by atoms with Crippen LogP contribution in [-0.2, 0) is 4.79 Å². The molecule has 6 heteroatoms. The molecule has 1 fully saturated rings. The van der Waals surface area contributed by atoms with Crippen LogP contribution in [0.15, 0.2) is 11.4 Å². The number of hydrogen-bond donors (Lipinski definition) is 2. The van der Waals surface area contributed by atoms with Gasteiger partial charge in [-0.3, -0.25) is 9.69 Å². The SMILES string of the molecule is N#Cc1ccsc1NC(=O)CN1CCCNCC1. The van der Waals surface area contributed by atoms with E-state index in [-0.39, 0.29) is 5.91 Å². The Balaban J connectivity index is 1.86. The summed E-state index contributed by atoms with van der Waals surface area (Å²) in [6.45, 7) is 4.17. The Kier molecular flexibility index (Phi) is 4.70. The second-order valence-corrected chi connectivity index (χ2v) is 5.12. The molecule has 0 aliphatic carbocycles. The highest BCUT2D eigenvalue weighted by Gasteiger charge is 2.14. The maximum absolute atomic E-state index is 11.9. The summed E-state index contributed by atoms with van der Waals surface area (Å²) in [6.07, 6.45) is 1.07. The van der Waals surface area contributed by atoms with Crippen LogP contribution in [-0.4, -0.2) is 43.5 Å². The predicted octanol–water partition coefficient (Wildman–Crippen LogP) is 0.854. The highest BCUT2D eigenvalue weighted by Crippen LogP contribution is 2.21. The van der Waals surface area contributed by atoms with Gasteiger partial charge in [-0.1, -0.05) is 0 Å². The van der Waals surface area contributed by atoms with Gasteiger partial charge < -0.3 is 10.6 Å². The van der Waals surface area contributed by atoms with Crippen LogP contribution in [0.5, 0.6) is 0 Å². The van der Waals surface area contributed by atoms with Crippen molar-refractivity contribution in [2.24, 2.45) is 0 Å². The summed E-state index contributed by atoms with van der Waals surface area (Å²) >= 11 is 1.38. The number of thiophene rings is 1. The first kappa shape index (κ1) is 13.0. The van der Waals surface area contributed by atoms with Gasteiger partial charge in [0.25, 0.3) is 0 Å². The molecule has 96 valence electrons. The van der Waals surface area contributed by atoms with E-state index in [0.29, 0.717) is 17.1 Å². The highest BCUT2D eigenvalue weighted by molar-refractivity contribution is 7.14. The lowest BCUT2D eigenvalue weighted by Gasteiger charge is -2.18. The average molecular weight is 264 g/mol. The standard InChI is InChI=1S/C12H16N4OS/c13-8-10-2-7-18-12(10)15-11(17)9-16-5-1-3-14-4-6-16/h2,7,14H,1,3-6,9H2,(H,15,17). The third-order valence-corrected chi connectivity index (χ3v) is 3.67. The maximum Gasteiger partial charge on any atom is 0.239 e. The zero-order valence-electron chi connectivity index (χ0n) is 10.1. The molecule has 5 nitrogen and oxygen atoms in total. The predicted molar refractivity (Wildman–Crippen MR) is 71.6 cm³/mol. The zero-order chi connectivity index (χ0) is 12.8. The summed E-state index contributed by atoms with van der Waals surface area (Å²) in [6, 6.07) is 3.79. The monoisotopic (exact) mass is 264 g/mol. The van der Waals surface area contributed by atoms with Crippen molar-refractivity contribution in [3.63, 3.8) is 0 Å². The lowest BCUT2D eigenvalue weighted by molar-refractivity contribution is -0.117. The minimum absolute atomic E-state index is 0.0455. The second kappa shape index (κ2) is 6.50. The van der Waals surface area contributed by atoms with E-state index in [9.17, 15) is 4.79 Å². The summed E-state index contributed by atoms with van der Waals surface area (Å²) in [5.41, 5.74) is 0.533. The number of nitriles is 1. The number of carbonyl (C=O) groups is 1. The Morgan fingerprint density at radius 3 is 3.28 bits per heavy atom. The van der Waals surface area contributed by atoms with Crippen molar-refractivity contribution in [3.8, 4) is 6.07 Å². The minimum atomic E-state index is -0.0455. The van der Waals surface area contributed by atoms with E-state index in [0.717, 1.165) is 32.6 Å². The molecule has 0 saturated carbocycles. The maximum atomic E-state index is 11.9. The molecule has 1 aromatic heterocycles. The van der Waals surface area contributed by atoms with Crippen molar-refractivity contribution in [1.29, 1.82) is 5.26 Å². The van der Waals surface area contributed by atoms with Crippen LogP contribution >= 0.6 is 11.3 Å². The van der Waals surface area contributed by atoms with E-state index >= 15 is 0 Å². The fourth-order valence-electron chi connectivity index (χ4n) is 1.92. The molecule has 0 aromatic carbocycles. The van der Waals surface area contributed by atoms with Crippen molar-refractivity contribution in [2.45, 2.75) is 6.42 Å². The first-order valence-electron chi connectivity index (χ1n) is 6.00. The molecule has 1 aliphatic rings. The lowest BCUT2D eigenvalue weighted by atomic mass is 10.3. The van der Waals surface area contributed by atoms with Crippen molar-refractivity contribution in [2.75, 3.05) is 38.0 Å². The third kappa shape index (κ3) is 3.53. The van der Waals surface area contributed by atoms with Gasteiger partial charge in [-0.05, 0) is 31.0 Å². The molecule has 0 spiro atoms. The summed E-state index contributed by atoms with van der Waals surface area (Å²) in [5.74, 6) is -0.0455. The second-order valence-electron chi connectivity index (χ2n) is 4.20. The van der Waals surface area contributed by atoms with E-state index in [1.807, 2.05) is 5.38 Å². The van der Waals surface area contributed by atoms with Crippen molar-refractivity contribution in [3.05, 3.63) is 17.0 Å². The van der Waals surface area contributed by atoms with Crippen molar-refractivity contribution >= 4 is 22.2 Å². The Hall–Kier alpha value is -1.42. The number of rotatable bonds is 3. The molecule has 1 saturated heterocycles. The van der Waals surface area contributed by atoms with Gasteiger partial charge in [0.15, 0.2) is 0 Å². The number of amides is 1. The van der Waals surface area contributed by atoms with E-state index in [2.05, 4.69) is 21.6 Å². The first-order chi connectivity index (χ1) is 8.79. The molecule has 18 heavy (non-hydrogen) atoms. The fraction of sp³-hybridized carbons (Fsp3) is 0.500. The Morgan fingerprint density at radius 1 is 1.56 bits per heavy atom. The number of carbonyl (C=O) groups excluding carboxylic acids is 1. The number of hydrogen-bond acceptors (Lipinski definition) is 5. The van der Waals surface area contributed by atoms with Gasteiger partial charge in [0.2, 0.25) is 5.91 Å². The van der Waals surface area contributed by atoms with E-state index in [4.69, 9.17) is 5.26 Å². The molecule has 0 bridgehead atoms. The lowest BCUT2D eigenvalue weighted by Crippen LogP contribution is -2.35. The average Bonchev–Trinajstić information content (AvgIpc) is 2.64. The summed E-state index contributed by atoms with van der Waals surface area (Å²) in [5, 5.41) is 17.4. The molecular weight excluding hydrogens is 248 g/mol. The van der Waals surface area contributed by atoms with E-state index in [1.54, 1.807) is 6.07 Å². The van der Waals surface area contributed by atoms with Crippen LogP contribution in [0, 0.1) is 11.3 Å². The van der Waals surface area contributed by atoms with Gasteiger partial charge in [0.1, 0.15) is 11.1 Å². The van der Waals surface area contributed by atoms with Crippen LogP contribution in [0.4, 0.5) is 5.00 Å². The van der Waals surface area contributed by atoms with Gasteiger partial charge in [-0.2, -0.15) is 5.26 Å². The Bertz CT molecular complexity index is 443. The molecule has 0 unspecified atom stereocenters.